The number of amides is 1. The van der Waals surface area contributed by atoms with Crippen molar-refractivity contribution in [3.63, 3.8) is 0 Å². The quantitative estimate of drug-likeness (QED) is 0.852. The third kappa shape index (κ3) is 2.63. The van der Waals surface area contributed by atoms with Crippen LogP contribution >= 0.6 is 11.8 Å². The van der Waals surface area contributed by atoms with E-state index in [1.54, 1.807) is 12.1 Å². The predicted molar refractivity (Wildman–Crippen MR) is 89.6 cm³/mol. The van der Waals surface area contributed by atoms with Gasteiger partial charge in [0.1, 0.15) is 0 Å². The number of nitrogens with zero attached hydrogens (tertiary/aromatic N) is 3. The largest absolute Gasteiger partial charge is 0.336 e. The van der Waals surface area contributed by atoms with Crippen LogP contribution in [-0.4, -0.2) is 45.2 Å². The van der Waals surface area contributed by atoms with E-state index in [-0.39, 0.29) is 17.5 Å². The van der Waals surface area contributed by atoms with Gasteiger partial charge in [0.15, 0.2) is 5.69 Å². The molecule has 0 N–H and O–H groups in total. The number of rotatable bonds is 2. The van der Waals surface area contributed by atoms with Gasteiger partial charge in [-0.3, -0.25) is 9.59 Å². The Kier molecular flexibility index (Phi) is 4.20. The van der Waals surface area contributed by atoms with Crippen molar-refractivity contribution in [1.82, 2.24) is 14.7 Å². The maximum absolute atomic E-state index is 12.8. The fourth-order valence-corrected chi connectivity index (χ4v) is 3.53. The molecule has 1 aliphatic heterocycles. The van der Waals surface area contributed by atoms with Crippen LogP contribution in [0.5, 0.6) is 0 Å². The molecule has 0 unspecified atom stereocenters. The molecule has 2 aromatic rings. The molecule has 1 aromatic carbocycles. The highest BCUT2D eigenvalue weighted by molar-refractivity contribution is 7.99. The predicted octanol–water partition coefficient (Wildman–Crippen LogP) is 2.17. The Morgan fingerprint density at radius 3 is 2.45 bits per heavy atom. The Morgan fingerprint density at radius 1 is 1.18 bits per heavy atom. The Hall–Kier alpha value is -1.82. The summed E-state index contributed by atoms with van der Waals surface area (Å²) in [6.07, 6.45) is 0. The lowest BCUT2D eigenvalue weighted by atomic mass is 10.1. The van der Waals surface area contributed by atoms with E-state index in [1.807, 2.05) is 42.6 Å². The van der Waals surface area contributed by atoms with Gasteiger partial charge in [0.2, 0.25) is 0 Å². The molecular weight excluding hydrogens is 298 g/mol. The van der Waals surface area contributed by atoms with Crippen LogP contribution in [0.3, 0.4) is 0 Å². The van der Waals surface area contributed by atoms with E-state index in [2.05, 4.69) is 5.10 Å². The highest BCUT2D eigenvalue weighted by Gasteiger charge is 2.23. The van der Waals surface area contributed by atoms with Gasteiger partial charge in [0, 0.05) is 30.0 Å². The molecular formula is C16H19N3O2S. The Morgan fingerprint density at radius 2 is 1.82 bits per heavy atom. The van der Waals surface area contributed by atoms with Crippen molar-refractivity contribution < 1.29 is 4.79 Å². The maximum atomic E-state index is 12.8. The standard InChI is InChI=1S/C16H19N3O2S/c1-11(2)19-15(20)13-6-4-3-5-12(13)14(17-19)16(21)18-7-9-22-10-8-18/h3-6,11H,7-10H2,1-2H3. The summed E-state index contributed by atoms with van der Waals surface area (Å²) in [4.78, 5) is 27.2. The van der Waals surface area contributed by atoms with E-state index in [4.69, 9.17) is 0 Å². The molecule has 2 heterocycles. The van der Waals surface area contributed by atoms with E-state index in [0.717, 1.165) is 24.6 Å². The van der Waals surface area contributed by atoms with Crippen LogP contribution in [0.15, 0.2) is 29.1 Å². The van der Waals surface area contributed by atoms with Crippen LogP contribution in [0.2, 0.25) is 0 Å². The lowest BCUT2D eigenvalue weighted by Crippen LogP contribution is -2.39. The number of hydrogen-bond donors (Lipinski definition) is 0. The van der Waals surface area contributed by atoms with Crippen LogP contribution in [0.1, 0.15) is 30.4 Å². The first-order valence-corrected chi connectivity index (χ1v) is 8.63. The Bertz CT molecular complexity index is 764. The summed E-state index contributed by atoms with van der Waals surface area (Å²) in [5.41, 5.74) is 0.243. The highest BCUT2D eigenvalue weighted by atomic mass is 32.2. The number of hydrogen-bond acceptors (Lipinski definition) is 4. The summed E-state index contributed by atoms with van der Waals surface area (Å²) in [5, 5.41) is 5.58. The third-order valence-electron chi connectivity index (χ3n) is 3.82. The number of thioether (sulfide) groups is 1. The average Bonchev–Trinajstić information content (AvgIpc) is 2.55. The van der Waals surface area contributed by atoms with E-state index in [9.17, 15) is 9.59 Å². The second-order valence-electron chi connectivity index (χ2n) is 5.64. The molecule has 0 atom stereocenters. The van der Waals surface area contributed by atoms with Crippen LogP contribution in [0, 0.1) is 0 Å². The summed E-state index contributed by atoms with van der Waals surface area (Å²) < 4.78 is 1.41. The molecule has 6 heteroatoms. The van der Waals surface area contributed by atoms with Crippen molar-refractivity contribution in [2.24, 2.45) is 0 Å². The highest BCUT2D eigenvalue weighted by Crippen LogP contribution is 2.18. The zero-order valence-corrected chi connectivity index (χ0v) is 13.6. The van der Waals surface area contributed by atoms with Crippen LogP contribution in [0.25, 0.3) is 10.8 Å². The van der Waals surface area contributed by atoms with E-state index in [0.29, 0.717) is 16.5 Å². The van der Waals surface area contributed by atoms with E-state index < -0.39 is 0 Å². The van der Waals surface area contributed by atoms with Crippen molar-refractivity contribution in [2.45, 2.75) is 19.9 Å². The number of benzene rings is 1. The van der Waals surface area contributed by atoms with Crippen molar-refractivity contribution in [1.29, 1.82) is 0 Å². The number of aromatic nitrogens is 2. The van der Waals surface area contributed by atoms with Gasteiger partial charge >= 0.3 is 0 Å². The first-order chi connectivity index (χ1) is 10.6. The van der Waals surface area contributed by atoms with Crippen molar-refractivity contribution in [3.05, 3.63) is 40.3 Å². The second kappa shape index (κ2) is 6.12. The summed E-state index contributed by atoms with van der Waals surface area (Å²) in [6.45, 7) is 5.27. The van der Waals surface area contributed by atoms with Gasteiger partial charge < -0.3 is 4.90 Å². The van der Waals surface area contributed by atoms with Crippen LogP contribution in [0.4, 0.5) is 0 Å². The van der Waals surface area contributed by atoms with Gasteiger partial charge in [-0.1, -0.05) is 18.2 Å². The molecule has 0 saturated carbocycles. The Labute approximate surface area is 133 Å². The second-order valence-corrected chi connectivity index (χ2v) is 6.87. The lowest BCUT2D eigenvalue weighted by Gasteiger charge is -2.26. The summed E-state index contributed by atoms with van der Waals surface area (Å²) in [7, 11) is 0. The van der Waals surface area contributed by atoms with Gasteiger partial charge in [-0.25, -0.2) is 4.68 Å². The van der Waals surface area contributed by atoms with Crippen LogP contribution in [-0.2, 0) is 0 Å². The molecule has 0 radical (unpaired) electrons. The van der Waals surface area contributed by atoms with Crippen LogP contribution < -0.4 is 5.56 Å². The van der Waals surface area contributed by atoms with Gasteiger partial charge in [-0.05, 0) is 19.9 Å². The topological polar surface area (TPSA) is 55.2 Å². The Balaban J connectivity index is 2.17. The van der Waals surface area contributed by atoms with Gasteiger partial charge in [0.05, 0.1) is 11.4 Å². The minimum Gasteiger partial charge on any atom is -0.336 e. The van der Waals surface area contributed by atoms with Crippen molar-refractivity contribution in [2.75, 3.05) is 24.6 Å². The average molecular weight is 317 g/mol. The number of carbonyl (C=O) groups is 1. The van der Waals surface area contributed by atoms with E-state index >= 15 is 0 Å². The molecule has 1 aliphatic rings. The van der Waals surface area contributed by atoms with Crippen molar-refractivity contribution in [3.8, 4) is 0 Å². The first kappa shape index (κ1) is 15.1. The first-order valence-electron chi connectivity index (χ1n) is 7.48. The monoisotopic (exact) mass is 317 g/mol. The minimum absolute atomic E-state index is 0.0779. The molecule has 0 aliphatic carbocycles. The molecule has 3 rings (SSSR count). The maximum Gasteiger partial charge on any atom is 0.275 e. The lowest BCUT2D eigenvalue weighted by molar-refractivity contribution is 0.0765. The molecule has 0 spiro atoms. The number of fused-ring (bicyclic) bond motifs is 1. The zero-order valence-electron chi connectivity index (χ0n) is 12.8. The van der Waals surface area contributed by atoms with Gasteiger partial charge in [-0.2, -0.15) is 16.9 Å². The molecule has 1 amide bonds. The number of carbonyl (C=O) groups excluding carboxylic acids is 1. The molecule has 1 aromatic heterocycles. The zero-order chi connectivity index (χ0) is 15.7. The molecule has 1 saturated heterocycles. The molecule has 0 bridgehead atoms. The molecule has 116 valence electrons. The minimum atomic E-state index is -0.142. The summed E-state index contributed by atoms with van der Waals surface area (Å²) >= 11 is 1.86. The van der Waals surface area contributed by atoms with Crippen molar-refractivity contribution >= 4 is 28.4 Å². The summed E-state index contributed by atoms with van der Waals surface area (Å²) in [5.74, 6) is 1.83. The molecule has 5 nitrogen and oxygen atoms in total. The fraction of sp³-hybridized carbons (Fsp3) is 0.438. The SMILES string of the molecule is CC(C)n1nc(C(=O)N2CCSCC2)c2ccccc2c1=O. The normalized spacial score (nSPS) is 15.5. The van der Waals surface area contributed by atoms with Gasteiger partial charge in [-0.15, -0.1) is 0 Å². The third-order valence-corrected chi connectivity index (χ3v) is 4.76. The smallest absolute Gasteiger partial charge is 0.275 e. The summed E-state index contributed by atoms with van der Waals surface area (Å²) in [6, 6.07) is 7.15. The molecule has 1 fully saturated rings. The fourth-order valence-electron chi connectivity index (χ4n) is 2.63. The van der Waals surface area contributed by atoms with E-state index in [1.165, 1.54) is 4.68 Å². The van der Waals surface area contributed by atoms with Gasteiger partial charge in [0.25, 0.3) is 11.5 Å². The molecule has 22 heavy (non-hydrogen) atoms.